The van der Waals surface area contributed by atoms with Gasteiger partial charge < -0.3 is 9.30 Å². The summed E-state index contributed by atoms with van der Waals surface area (Å²) in [5, 5.41) is 2.51. The van der Waals surface area contributed by atoms with Gasteiger partial charge in [0.2, 0.25) is 5.78 Å². The Bertz CT molecular complexity index is 1310. The summed E-state index contributed by atoms with van der Waals surface area (Å²) in [4.78, 5) is 37.2. The van der Waals surface area contributed by atoms with Gasteiger partial charge >= 0.3 is 10.8 Å². The average molecular weight is 435 g/mol. The number of fused-ring (bicyclic) bond motifs is 1. The van der Waals surface area contributed by atoms with E-state index in [1.807, 2.05) is 61.5 Å². The maximum atomic E-state index is 13.3. The molecule has 0 saturated heterocycles. The Balaban J connectivity index is 1.66. The van der Waals surface area contributed by atoms with E-state index in [-0.39, 0.29) is 23.8 Å². The molecule has 6 nitrogen and oxygen atoms in total. The van der Waals surface area contributed by atoms with E-state index in [4.69, 9.17) is 4.74 Å². The monoisotopic (exact) mass is 434 g/mol. The number of carbonyl (C=O) groups is 2. The number of hydrogen-bond donors (Lipinski definition) is 0. The zero-order valence-corrected chi connectivity index (χ0v) is 18.1. The number of Topliss-reactive ketones (excluding diaryl/α,β-unsaturated/α-hetero) is 1. The molecule has 0 N–H and O–H groups in total. The predicted octanol–water partition coefficient (Wildman–Crippen LogP) is 4.29. The molecule has 0 bridgehead atoms. The largest absolute Gasteiger partial charge is 0.456 e. The van der Waals surface area contributed by atoms with Gasteiger partial charge in [0.25, 0.3) is 0 Å². The van der Waals surface area contributed by atoms with Gasteiger partial charge in [-0.25, -0.2) is 0 Å². The van der Waals surface area contributed by atoms with Crippen molar-refractivity contribution in [1.29, 1.82) is 0 Å². The number of aryl methyl sites for hydroxylation is 2. The Labute approximate surface area is 183 Å². The summed E-state index contributed by atoms with van der Waals surface area (Å²) in [5.41, 5.74) is 3.93. The molecule has 0 spiro atoms. The molecular formula is C24H22N2O4S. The quantitative estimate of drug-likeness (QED) is 0.321. The molecule has 4 aromatic rings. The van der Waals surface area contributed by atoms with Crippen molar-refractivity contribution >= 4 is 34.0 Å². The second kappa shape index (κ2) is 8.73. The second-order valence-corrected chi connectivity index (χ2v) is 7.98. The molecule has 31 heavy (non-hydrogen) atoms. The summed E-state index contributed by atoms with van der Waals surface area (Å²) >= 11 is 1.03. The number of thiazole rings is 1. The van der Waals surface area contributed by atoms with Crippen molar-refractivity contribution in [3.8, 4) is 11.3 Å². The van der Waals surface area contributed by atoms with Gasteiger partial charge in [-0.3, -0.25) is 19.0 Å². The number of esters is 1. The van der Waals surface area contributed by atoms with Crippen molar-refractivity contribution < 1.29 is 14.3 Å². The number of hydrogen-bond acceptors (Lipinski definition) is 5. The molecule has 0 radical (unpaired) electrons. The maximum absolute atomic E-state index is 13.3. The lowest BCUT2D eigenvalue weighted by Gasteiger charge is -2.11. The van der Waals surface area contributed by atoms with Gasteiger partial charge in [-0.05, 0) is 25.5 Å². The average Bonchev–Trinajstić information content (AvgIpc) is 3.30. The Hall–Kier alpha value is -3.45. The Morgan fingerprint density at radius 2 is 1.71 bits per heavy atom. The van der Waals surface area contributed by atoms with E-state index in [0.29, 0.717) is 17.8 Å². The minimum Gasteiger partial charge on any atom is -0.456 e. The van der Waals surface area contributed by atoms with Crippen molar-refractivity contribution in [2.24, 2.45) is 0 Å². The van der Waals surface area contributed by atoms with Crippen LogP contribution in [0.15, 0.2) is 64.8 Å². The summed E-state index contributed by atoms with van der Waals surface area (Å²) in [7, 11) is 0. The van der Waals surface area contributed by atoms with Crippen LogP contribution >= 0.6 is 11.3 Å². The highest BCUT2D eigenvalue weighted by molar-refractivity contribution is 7.07. The van der Waals surface area contributed by atoms with Crippen LogP contribution in [0.1, 0.15) is 23.0 Å². The summed E-state index contributed by atoms with van der Waals surface area (Å²) in [6.45, 7) is 3.90. The Kier molecular flexibility index (Phi) is 5.86. The molecule has 0 aliphatic rings. The molecule has 0 atom stereocenters. The van der Waals surface area contributed by atoms with Crippen LogP contribution in [-0.2, 0) is 22.6 Å². The highest BCUT2D eigenvalue weighted by atomic mass is 32.1. The van der Waals surface area contributed by atoms with Gasteiger partial charge in [0.05, 0.1) is 11.3 Å². The van der Waals surface area contributed by atoms with Crippen LogP contribution in [0.2, 0.25) is 0 Å². The number of benzene rings is 2. The lowest BCUT2D eigenvalue weighted by atomic mass is 10.0. The van der Waals surface area contributed by atoms with Crippen LogP contribution in [0.4, 0.5) is 0 Å². The van der Waals surface area contributed by atoms with Crippen molar-refractivity contribution in [3.63, 3.8) is 0 Å². The fourth-order valence-electron chi connectivity index (χ4n) is 3.80. The van der Waals surface area contributed by atoms with E-state index < -0.39 is 5.97 Å². The summed E-state index contributed by atoms with van der Waals surface area (Å²) in [6, 6.07) is 17.5. The van der Waals surface area contributed by atoms with Crippen molar-refractivity contribution in [2.45, 2.75) is 26.9 Å². The van der Waals surface area contributed by atoms with Crippen molar-refractivity contribution in [2.75, 3.05) is 6.61 Å². The molecule has 2 aromatic carbocycles. The fourth-order valence-corrected chi connectivity index (χ4v) is 4.53. The first-order valence-corrected chi connectivity index (χ1v) is 10.9. The molecule has 0 fully saturated rings. The molecule has 0 aliphatic carbocycles. The first-order chi connectivity index (χ1) is 15.0. The van der Waals surface area contributed by atoms with Gasteiger partial charge in [-0.15, -0.1) is 0 Å². The second-order valence-electron chi connectivity index (χ2n) is 7.16. The van der Waals surface area contributed by atoms with E-state index in [2.05, 4.69) is 4.57 Å². The van der Waals surface area contributed by atoms with Crippen molar-refractivity contribution in [3.05, 3.63) is 80.9 Å². The number of nitrogens with zero attached hydrogens (tertiary/aromatic N) is 2. The molecule has 0 amide bonds. The lowest BCUT2D eigenvalue weighted by molar-refractivity contribution is -0.143. The van der Waals surface area contributed by atoms with Crippen LogP contribution in [0.5, 0.6) is 0 Å². The first kappa shape index (κ1) is 20.8. The van der Waals surface area contributed by atoms with E-state index in [1.54, 1.807) is 12.3 Å². The number of ether oxygens (including phenoxy) is 1. The zero-order chi connectivity index (χ0) is 22.0. The van der Waals surface area contributed by atoms with Gasteiger partial charge in [0.15, 0.2) is 6.61 Å². The molecule has 7 heteroatoms. The van der Waals surface area contributed by atoms with Crippen LogP contribution in [0.3, 0.4) is 0 Å². The zero-order valence-electron chi connectivity index (χ0n) is 17.3. The molecule has 0 unspecified atom stereocenters. The SMILES string of the molecule is CCn1c(-c2ccccc2)c(C(=O)COC(=O)Cn2c(C)csc2=O)c2ccccc21. The van der Waals surface area contributed by atoms with Gasteiger partial charge in [-0.1, -0.05) is 59.9 Å². The van der Waals surface area contributed by atoms with Crippen LogP contribution in [0.25, 0.3) is 22.2 Å². The van der Waals surface area contributed by atoms with Gasteiger partial charge in [-0.2, -0.15) is 0 Å². The predicted molar refractivity (Wildman–Crippen MR) is 122 cm³/mol. The summed E-state index contributed by atoms with van der Waals surface area (Å²) in [6.07, 6.45) is 0. The number of carbonyl (C=O) groups excluding carboxylic acids is 2. The number of aromatic nitrogens is 2. The van der Waals surface area contributed by atoms with E-state index in [9.17, 15) is 14.4 Å². The maximum Gasteiger partial charge on any atom is 0.326 e. The van der Waals surface area contributed by atoms with Gasteiger partial charge in [0.1, 0.15) is 6.54 Å². The molecular weight excluding hydrogens is 412 g/mol. The molecule has 0 saturated carbocycles. The van der Waals surface area contributed by atoms with Crippen LogP contribution < -0.4 is 4.87 Å². The third kappa shape index (κ3) is 3.96. The smallest absolute Gasteiger partial charge is 0.326 e. The molecule has 4 rings (SSSR count). The topological polar surface area (TPSA) is 70.3 Å². The molecule has 2 heterocycles. The van der Waals surface area contributed by atoms with Crippen LogP contribution in [0, 0.1) is 6.92 Å². The third-order valence-corrected chi connectivity index (χ3v) is 6.12. The molecule has 0 aliphatic heterocycles. The van der Waals surface area contributed by atoms with E-state index >= 15 is 0 Å². The number of rotatable bonds is 7. The molecule has 158 valence electrons. The van der Waals surface area contributed by atoms with Gasteiger partial charge in [0, 0.05) is 28.5 Å². The highest BCUT2D eigenvalue weighted by Gasteiger charge is 2.24. The summed E-state index contributed by atoms with van der Waals surface area (Å²) < 4.78 is 8.72. The lowest BCUT2D eigenvalue weighted by Crippen LogP contribution is -2.24. The minimum atomic E-state index is -0.613. The molecule has 2 aromatic heterocycles. The Morgan fingerprint density at radius 3 is 2.39 bits per heavy atom. The highest BCUT2D eigenvalue weighted by Crippen LogP contribution is 2.34. The summed E-state index contributed by atoms with van der Waals surface area (Å²) in [5.74, 6) is -0.887. The van der Waals surface area contributed by atoms with Crippen molar-refractivity contribution in [1.82, 2.24) is 9.13 Å². The Morgan fingerprint density at radius 1 is 1.00 bits per heavy atom. The standard InChI is InChI=1S/C24H22N2O4S/c1-3-25-19-12-8-7-11-18(19)22(23(25)17-9-5-4-6-10-17)20(27)14-30-21(28)13-26-16(2)15-31-24(26)29/h4-12,15H,3,13-14H2,1-2H3. The normalized spacial score (nSPS) is 11.0. The van der Waals surface area contributed by atoms with Crippen LogP contribution in [-0.4, -0.2) is 27.5 Å². The van der Waals surface area contributed by atoms with E-state index in [0.717, 1.165) is 33.5 Å². The minimum absolute atomic E-state index is 0.205. The third-order valence-electron chi connectivity index (χ3n) is 5.24. The number of ketones is 1. The first-order valence-electron chi connectivity index (χ1n) is 10.0. The fraction of sp³-hybridized carbons (Fsp3) is 0.208. The van der Waals surface area contributed by atoms with E-state index in [1.165, 1.54) is 4.57 Å². The number of para-hydroxylation sites is 1.